The fourth-order valence-electron chi connectivity index (χ4n) is 3.62. The molecule has 27 heavy (non-hydrogen) atoms. The SMILES string of the molecule is O=C(CCCc1ncc(-c2ccccc2)o1)N[C@H]1CCCCC[C@H]1C(=O)O. The van der Waals surface area contributed by atoms with Gasteiger partial charge in [-0.1, -0.05) is 49.6 Å². The molecule has 144 valence electrons. The van der Waals surface area contributed by atoms with E-state index in [-0.39, 0.29) is 11.9 Å². The summed E-state index contributed by atoms with van der Waals surface area (Å²) in [7, 11) is 0. The van der Waals surface area contributed by atoms with Crippen molar-refractivity contribution in [2.24, 2.45) is 5.92 Å². The predicted molar refractivity (Wildman–Crippen MR) is 101 cm³/mol. The van der Waals surface area contributed by atoms with E-state index in [0.717, 1.165) is 37.0 Å². The first-order chi connectivity index (χ1) is 13.1. The van der Waals surface area contributed by atoms with E-state index in [1.165, 1.54) is 0 Å². The number of nitrogens with zero attached hydrogens (tertiary/aromatic N) is 1. The summed E-state index contributed by atoms with van der Waals surface area (Å²) >= 11 is 0. The largest absolute Gasteiger partial charge is 0.481 e. The highest BCUT2D eigenvalue weighted by atomic mass is 16.4. The molecule has 1 aromatic carbocycles. The van der Waals surface area contributed by atoms with Crippen molar-refractivity contribution in [3.05, 3.63) is 42.4 Å². The summed E-state index contributed by atoms with van der Waals surface area (Å²) < 4.78 is 5.75. The number of aliphatic carboxylic acids is 1. The van der Waals surface area contributed by atoms with Crippen LogP contribution in [-0.2, 0) is 16.0 Å². The molecule has 0 spiro atoms. The molecule has 3 rings (SSSR count). The molecule has 1 heterocycles. The average molecular weight is 370 g/mol. The summed E-state index contributed by atoms with van der Waals surface area (Å²) in [4.78, 5) is 28.0. The Morgan fingerprint density at radius 1 is 1.15 bits per heavy atom. The molecular formula is C21H26N2O4. The number of hydrogen-bond donors (Lipinski definition) is 2. The molecule has 1 saturated carbocycles. The Kier molecular flexibility index (Phi) is 6.63. The number of benzene rings is 1. The average Bonchev–Trinajstić information content (AvgIpc) is 3.01. The van der Waals surface area contributed by atoms with E-state index in [4.69, 9.17) is 4.42 Å². The molecule has 2 aromatic rings. The van der Waals surface area contributed by atoms with Crippen LogP contribution >= 0.6 is 0 Å². The lowest BCUT2D eigenvalue weighted by molar-refractivity contribution is -0.143. The Balaban J connectivity index is 1.47. The van der Waals surface area contributed by atoms with E-state index in [2.05, 4.69) is 10.3 Å². The van der Waals surface area contributed by atoms with E-state index in [9.17, 15) is 14.7 Å². The number of aromatic nitrogens is 1. The first-order valence-corrected chi connectivity index (χ1v) is 9.66. The zero-order valence-corrected chi connectivity index (χ0v) is 15.4. The van der Waals surface area contributed by atoms with Gasteiger partial charge < -0.3 is 14.8 Å². The van der Waals surface area contributed by atoms with Gasteiger partial charge >= 0.3 is 5.97 Å². The number of nitrogens with one attached hydrogen (secondary N) is 1. The Bertz CT molecular complexity index is 757. The predicted octanol–water partition coefficient (Wildman–Crippen LogP) is 3.81. The summed E-state index contributed by atoms with van der Waals surface area (Å²) in [5.41, 5.74) is 0.974. The molecule has 0 unspecified atom stereocenters. The Morgan fingerprint density at radius 2 is 1.93 bits per heavy atom. The second-order valence-electron chi connectivity index (χ2n) is 7.09. The van der Waals surface area contributed by atoms with Crippen LogP contribution < -0.4 is 5.32 Å². The molecule has 0 bridgehead atoms. The number of carbonyl (C=O) groups excluding carboxylic acids is 1. The zero-order valence-electron chi connectivity index (χ0n) is 15.4. The number of amides is 1. The maximum atomic E-state index is 12.3. The topological polar surface area (TPSA) is 92.4 Å². The van der Waals surface area contributed by atoms with Gasteiger partial charge in [0.25, 0.3) is 0 Å². The highest BCUT2D eigenvalue weighted by Crippen LogP contribution is 2.24. The van der Waals surface area contributed by atoms with Crippen LogP contribution in [-0.4, -0.2) is 28.0 Å². The van der Waals surface area contributed by atoms with Crippen LogP contribution in [0.4, 0.5) is 0 Å². The summed E-state index contributed by atoms with van der Waals surface area (Å²) in [5.74, 6) is -0.0487. The third-order valence-electron chi connectivity index (χ3n) is 5.09. The third-order valence-corrected chi connectivity index (χ3v) is 5.09. The second-order valence-corrected chi connectivity index (χ2v) is 7.09. The van der Waals surface area contributed by atoms with Crippen LogP contribution in [0.1, 0.15) is 50.8 Å². The summed E-state index contributed by atoms with van der Waals surface area (Å²) in [6.07, 6.45) is 7.52. The van der Waals surface area contributed by atoms with Crippen LogP contribution in [0, 0.1) is 5.92 Å². The van der Waals surface area contributed by atoms with Crippen LogP contribution in [0.5, 0.6) is 0 Å². The number of carboxylic acids is 1. The van der Waals surface area contributed by atoms with Crippen LogP contribution in [0.2, 0.25) is 0 Å². The number of hydrogen-bond acceptors (Lipinski definition) is 4. The fraction of sp³-hybridized carbons (Fsp3) is 0.476. The smallest absolute Gasteiger partial charge is 0.308 e. The van der Waals surface area contributed by atoms with E-state index in [1.807, 2.05) is 30.3 Å². The number of rotatable bonds is 7. The van der Waals surface area contributed by atoms with Gasteiger partial charge in [0.2, 0.25) is 5.91 Å². The monoisotopic (exact) mass is 370 g/mol. The quantitative estimate of drug-likeness (QED) is 0.723. The minimum absolute atomic E-state index is 0.0945. The number of oxazole rings is 1. The van der Waals surface area contributed by atoms with Gasteiger partial charge in [0.05, 0.1) is 12.1 Å². The van der Waals surface area contributed by atoms with Crippen LogP contribution in [0.25, 0.3) is 11.3 Å². The van der Waals surface area contributed by atoms with Crippen molar-refractivity contribution in [2.45, 2.75) is 57.4 Å². The van der Waals surface area contributed by atoms with Crippen molar-refractivity contribution < 1.29 is 19.1 Å². The first kappa shape index (κ1) is 19.1. The summed E-state index contributed by atoms with van der Waals surface area (Å²) in [5, 5.41) is 12.3. The van der Waals surface area contributed by atoms with Gasteiger partial charge in [0.15, 0.2) is 11.7 Å². The maximum Gasteiger partial charge on any atom is 0.308 e. The third kappa shape index (κ3) is 5.42. The molecule has 1 fully saturated rings. The number of carboxylic acid groups (broad SMARTS) is 1. The maximum absolute atomic E-state index is 12.3. The van der Waals surface area contributed by atoms with Crippen molar-refractivity contribution in [3.8, 4) is 11.3 Å². The molecule has 0 saturated heterocycles. The molecule has 1 aromatic heterocycles. The van der Waals surface area contributed by atoms with Crippen molar-refractivity contribution in [1.82, 2.24) is 10.3 Å². The normalized spacial score (nSPS) is 20.0. The van der Waals surface area contributed by atoms with Gasteiger partial charge in [-0.3, -0.25) is 9.59 Å². The van der Waals surface area contributed by atoms with Crippen molar-refractivity contribution in [2.75, 3.05) is 0 Å². The molecule has 2 atom stereocenters. The molecule has 6 nitrogen and oxygen atoms in total. The number of carbonyl (C=O) groups is 2. The molecule has 1 amide bonds. The van der Waals surface area contributed by atoms with Crippen molar-refractivity contribution >= 4 is 11.9 Å². The highest BCUT2D eigenvalue weighted by Gasteiger charge is 2.30. The lowest BCUT2D eigenvalue weighted by Gasteiger charge is -2.22. The van der Waals surface area contributed by atoms with E-state index in [0.29, 0.717) is 31.6 Å². The van der Waals surface area contributed by atoms with Gasteiger partial charge in [0, 0.05) is 24.4 Å². The molecule has 1 aliphatic rings. The Hall–Kier alpha value is -2.63. The summed E-state index contributed by atoms with van der Waals surface area (Å²) in [6.45, 7) is 0. The van der Waals surface area contributed by atoms with Crippen LogP contribution in [0.15, 0.2) is 40.9 Å². The Labute approximate surface area is 159 Å². The molecule has 1 aliphatic carbocycles. The van der Waals surface area contributed by atoms with E-state index in [1.54, 1.807) is 6.20 Å². The first-order valence-electron chi connectivity index (χ1n) is 9.66. The zero-order chi connectivity index (χ0) is 19.1. The van der Waals surface area contributed by atoms with Gasteiger partial charge in [0.1, 0.15) is 0 Å². The van der Waals surface area contributed by atoms with Gasteiger partial charge in [-0.2, -0.15) is 0 Å². The Morgan fingerprint density at radius 3 is 2.70 bits per heavy atom. The molecule has 6 heteroatoms. The fourth-order valence-corrected chi connectivity index (χ4v) is 3.62. The summed E-state index contributed by atoms with van der Waals surface area (Å²) in [6, 6.07) is 9.50. The molecular weight excluding hydrogens is 344 g/mol. The lowest BCUT2D eigenvalue weighted by atomic mass is 9.94. The number of aryl methyl sites for hydroxylation is 1. The van der Waals surface area contributed by atoms with Gasteiger partial charge in [-0.25, -0.2) is 4.98 Å². The molecule has 2 N–H and O–H groups in total. The van der Waals surface area contributed by atoms with Gasteiger partial charge in [-0.15, -0.1) is 0 Å². The minimum Gasteiger partial charge on any atom is -0.481 e. The van der Waals surface area contributed by atoms with E-state index < -0.39 is 11.9 Å². The lowest BCUT2D eigenvalue weighted by Crippen LogP contribution is -2.42. The van der Waals surface area contributed by atoms with Crippen molar-refractivity contribution in [3.63, 3.8) is 0 Å². The highest BCUT2D eigenvalue weighted by molar-refractivity contribution is 5.78. The molecule has 0 radical (unpaired) electrons. The minimum atomic E-state index is -0.810. The van der Waals surface area contributed by atoms with Crippen molar-refractivity contribution in [1.29, 1.82) is 0 Å². The van der Waals surface area contributed by atoms with E-state index >= 15 is 0 Å². The standard InChI is InChI=1S/C21H26N2O4/c24-19(23-17-11-6-2-5-10-16(17)21(25)26)12-7-13-20-22-14-18(27-20)15-8-3-1-4-9-15/h1,3-4,8-9,14,16-17H,2,5-7,10-13H2,(H,23,24)(H,25,26)/t16-,17+/m1/s1. The van der Waals surface area contributed by atoms with Crippen LogP contribution in [0.3, 0.4) is 0 Å². The second kappa shape index (κ2) is 9.35. The van der Waals surface area contributed by atoms with Gasteiger partial charge in [-0.05, 0) is 19.3 Å². The molecule has 0 aliphatic heterocycles.